The zero-order valence-corrected chi connectivity index (χ0v) is 16.6. The molecule has 0 fully saturated rings. The summed E-state index contributed by atoms with van der Waals surface area (Å²) >= 11 is 0. The van der Waals surface area contributed by atoms with Crippen molar-refractivity contribution in [1.29, 1.82) is 0 Å². The summed E-state index contributed by atoms with van der Waals surface area (Å²) in [6, 6.07) is 20.8. The Bertz CT molecular complexity index is 1150. The van der Waals surface area contributed by atoms with Crippen molar-refractivity contribution < 1.29 is 13.9 Å². The molecule has 29 heavy (non-hydrogen) atoms. The predicted molar refractivity (Wildman–Crippen MR) is 114 cm³/mol. The summed E-state index contributed by atoms with van der Waals surface area (Å²) in [7, 11) is 0. The molecule has 0 aliphatic carbocycles. The molecular formula is C24H22N2O3. The largest absolute Gasteiger partial charge is 0.481 e. The van der Waals surface area contributed by atoms with Gasteiger partial charge in [0.25, 0.3) is 5.91 Å². The van der Waals surface area contributed by atoms with E-state index < -0.39 is 6.10 Å². The number of ether oxygens (including phenoxy) is 1. The highest BCUT2D eigenvalue weighted by molar-refractivity contribution is 5.94. The Morgan fingerprint density at radius 2 is 1.83 bits per heavy atom. The smallest absolute Gasteiger partial charge is 0.265 e. The van der Waals surface area contributed by atoms with Gasteiger partial charge >= 0.3 is 0 Å². The zero-order chi connectivity index (χ0) is 20.4. The molecule has 0 radical (unpaired) electrons. The molecule has 0 unspecified atom stereocenters. The minimum Gasteiger partial charge on any atom is -0.481 e. The van der Waals surface area contributed by atoms with E-state index in [-0.39, 0.29) is 5.91 Å². The number of amides is 1. The van der Waals surface area contributed by atoms with Crippen molar-refractivity contribution in [1.82, 2.24) is 4.98 Å². The number of carbonyl (C=O) groups excluding carboxylic acids is 1. The average molecular weight is 386 g/mol. The second-order valence-electron chi connectivity index (χ2n) is 7.06. The quantitative estimate of drug-likeness (QED) is 0.491. The first-order valence-electron chi connectivity index (χ1n) is 9.50. The number of carbonyl (C=O) groups is 1. The molecule has 5 nitrogen and oxygen atoms in total. The number of rotatable bonds is 5. The second-order valence-corrected chi connectivity index (χ2v) is 7.06. The summed E-state index contributed by atoms with van der Waals surface area (Å²) in [6.07, 6.45) is -0.634. The van der Waals surface area contributed by atoms with Gasteiger partial charge in [0.1, 0.15) is 11.3 Å². The molecule has 0 spiro atoms. The fourth-order valence-electron chi connectivity index (χ4n) is 3.01. The molecule has 0 aliphatic rings. The van der Waals surface area contributed by atoms with Gasteiger partial charge in [-0.1, -0.05) is 24.3 Å². The highest BCUT2D eigenvalue weighted by Gasteiger charge is 2.16. The van der Waals surface area contributed by atoms with Crippen molar-refractivity contribution in [2.24, 2.45) is 0 Å². The molecule has 0 saturated heterocycles. The van der Waals surface area contributed by atoms with E-state index >= 15 is 0 Å². The van der Waals surface area contributed by atoms with Gasteiger partial charge in [-0.05, 0) is 74.4 Å². The number of aromatic nitrogens is 1. The Balaban J connectivity index is 1.48. The lowest BCUT2D eigenvalue weighted by atomic mass is 10.1. The lowest BCUT2D eigenvalue weighted by molar-refractivity contribution is -0.122. The monoisotopic (exact) mass is 386 g/mol. The Morgan fingerprint density at radius 1 is 1.00 bits per heavy atom. The number of fused-ring (bicyclic) bond motifs is 1. The van der Waals surface area contributed by atoms with Gasteiger partial charge in [-0.3, -0.25) is 4.79 Å². The first kappa shape index (κ1) is 18.7. The van der Waals surface area contributed by atoms with E-state index in [9.17, 15) is 4.79 Å². The van der Waals surface area contributed by atoms with Crippen molar-refractivity contribution in [2.45, 2.75) is 26.9 Å². The number of para-hydroxylation sites is 2. The normalized spacial score (nSPS) is 12.0. The van der Waals surface area contributed by atoms with Crippen LogP contribution in [0, 0.1) is 13.8 Å². The highest BCUT2D eigenvalue weighted by atomic mass is 16.5. The number of hydrogen-bond donors (Lipinski definition) is 1. The van der Waals surface area contributed by atoms with Crippen LogP contribution in [0.5, 0.6) is 5.75 Å². The third-order valence-electron chi connectivity index (χ3n) is 4.83. The number of nitrogens with zero attached hydrogens (tertiary/aromatic N) is 1. The zero-order valence-electron chi connectivity index (χ0n) is 16.6. The number of aryl methyl sites for hydroxylation is 2. The van der Waals surface area contributed by atoms with Gasteiger partial charge in [0.2, 0.25) is 5.89 Å². The Hall–Kier alpha value is -3.60. The highest BCUT2D eigenvalue weighted by Crippen LogP contribution is 2.26. The van der Waals surface area contributed by atoms with Crippen LogP contribution >= 0.6 is 0 Å². The standard InChI is InChI=1S/C24H22N2O3/c1-15-11-12-20(13-16(15)2)28-17(3)23(27)25-19-8-6-7-18(14-19)24-26-21-9-4-5-10-22(21)29-24/h4-14,17H,1-3H3,(H,25,27)/t17-/m1/s1. The summed E-state index contributed by atoms with van der Waals surface area (Å²) in [6.45, 7) is 5.79. The van der Waals surface area contributed by atoms with Crippen molar-refractivity contribution in [2.75, 3.05) is 5.32 Å². The number of hydrogen-bond acceptors (Lipinski definition) is 4. The fraction of sp³-hybridized carbons (Fsp3) is 0.167. The molecule has 146 valence electrons. The number of nitrogens with one attached hydrogen (secondary N) is 1. The van der Waals surface area contributed by atoms with Gasteiger partial charge in [-0.25, -0.2) is 4.98 Å². The molecule has 4 rings (SSSR count). The van der Waals surface area contributed by atoms with Gasteiger partial charge in [0.15, 0.2) is 11.7 Å². The summed E-state index contributed by atoms with van der Waals surface area (Å²) in [5, 5.41) is 2.90. The molecule has 4 aromatic rings. The van der Waals surface area contributed by atoms with E-state index in [1.54, 1.807) is 6.92 Å². The Labute approximate surface area is 169 Å². The van der Waals surface area contributed by atoms with Crippen LogP contribution in [0.15, 0.2) is 71.1 Å². The third kappa shape index (κ3) is 4.14. The lowest BCUT2D eigenvalue weighted by Gasteiger charge is -2.16. The van der Waals surface area contributed by atoms with E-state index in [0.717, 1.165) is 22.2 Å². The summed E-state index contributed by atoms with van der Waals surface area (Å²) < 4.78 is 11.6. The van der Waals surface area contributed by atoms with Crippen LogP contribution < -0.4 is 10.1 Å². The van der Waals surface area contributed by atoms with Crippen LogP contribution in [0.1, 0.15) is 18.1 Å². The van der Waals surface area contributed by atoms with E-state index in [2.05, 4.69) is 10.3 Å². The maximum absolute atomic E-state index is 12.6. The van der Waals surface area contributed by atoms with Gasteiger partial charge in [-0.2, -0.15) is 0 Å². The molecule has 0 aliphatic heterocycles. The number of oxazole rings is 1. The minimum atomic E-state index is -0.634. The minimum absolute atomic E-state index is 0.224. The Kier molecular flexibility index (Phi) is 5.04. The topological polar surface area (TPSA) is 64.4 Å². The molecule has 1 N–H and O–H groups in total. The van der Waals surface area contributed by atoms with Crippen LogP contribution in [0.25, 0.3) is 22.6 Å². The maximum Gasteiger partial charge on any atom is 0.265 e. The fourth-order valence-corrected chi connectivity index (χ4v) is 3.01. The van der Waals surface area contributed by atoms with E-state index in [4.69, 9.17) is 9.15 Å². The first-order chi connectivity index (χ1) is 14.0. The molecule has 1 aromatic heterocycles. The van der Waals surface area contributed by atoms with Gasteiger partial charge < -0.3 is 14.5 Å². The van der Waals surface area contributed by atoms with Crippen LogP contribution in [-0.2, 0) is 4.79 Å². The molecule has 1 atom stereocenters. The number of benzene rings is 3. The molecule has 1 heterocycles. The summed E-state index contributed by atoms with van der Waals surface area (Å²) in [5.41, 5.74) is 5.29. The Morgan fingerprint density at radius 3 is 2.62 bits per heavy atom. The second kappa shape index (κ2) is 7.80. The van der Waals surface area contributed by atoms with E-state index in [1.807, 2.05) is 80.6 Å². The molecule has 3 aromatic carbocycles. The van der Waals surface area contributed by atoms with Gasteiger partial charge in [0.05, 0.1) is 0 Å². The summed E-state index contributed by atoms with van der Waals surface area (Å²) in [5.74, 6) is 0.968. The van der Waals surface area contributed by atoms with Crippen molar-refractivity contribution in [3.63, 3.8) is 0 Å². The SMILES string of the molecule is Cc1ccc(O[C@H](C)C(=O)Nc2cccc(-c3nc4ccccc4o3)c2)cc1C. The van der Waals surface area contributed by atoms with Gasteiger partial charge in [0, 0.05) is 11.3 Å². The first-order valence-corrected chi connectivity index (χ1v) is 9.50. The van der Waals surface area contributed by atoms with Crippen LogP contribution in [-0.4, -0.2) is 17.0 Å². The van der Waals surface area contributed by atoms with Crippen molar-refractivity contribution in [3.8, 4) is 17.2 Å². The van der Waals surface area contributed by atoms with E-state index in [1.165, 1.54) is 5.56 Å². The molecule has 0 bridgehead atoms. The predicted octanol–water partition coefficient (Wildman–Crippen LogP) is 5.52. The van der Waals surface area contributed by atoms with Crippen molar-refractivity contribution in [3.05, 3.63) is 77.9 Å². The van der Waals surface area contributed by atoms with Gasteiger partial charge in [-0.15, -0.1) is 0 Å². The van der Waals surface area contributed by atoms with Crippen molar-refractivity contribution >= 4 is 22.7 Å². The molecule has 5 heteroatoms. The van der Waals surface area contributed by atoms with Crippen LogP contribution in [0.4, 0.5) is 5.69 Å². The molecular weight excluding hydrogens is 364 g/mol. The van der Waals surface area contributed by atoms with E-state index in [0.29, 0.717) is 17.3 Å². The van der Waals surface area contributed by atoms with Crippen LogP contribution in [0.2, 0.25) is 0 Å². The maximum atomic E-state index is 12.6. The van der Waals surface area contributed by atoms with Crippen LogP contribution in [0.3, 0.4) is 0 Å². The summed E-state index contributed by atoms with van der Waals surface area (Å²) in [4.78, 5) is 17.1. The average Bonchev–Trinajstić information content (AvgIpc) is 3.15. The molecule has 1 amide bonds. The molecule has 0 saturated carbocycles. The lowest BCUT2D eigenvalue weighted by Crippen LogP contribution is -2.30. The third-order valence-corrected chi connectivity index (χ3v) is 4.83. The number of anilines is 1.